The van der Waals surface area contributed by atoms with Gasteiger partial charge in [-0.3, -0.25) is 9.59 Å². The summed E-state index contributed by atoms with van der Waals surface area (Å²) in [6.07, 6.45) is 6.18. The van der Waals surface area contributed by atoms with E-state index in [1.54, 1.807) is 7.11 Å². The molecule has 1 saturated heterocycles. The van der Waals surface area contributed by atoms with Gasteiger partial charge in [-0.25, -0.2) is 0 Å². The molecule has 0 N–H and O–H groups in total. The van der Waals surface area contributed by atoms with Crippen molar-refractivity contribution in [3.8, 4) is 5.75 Å². The van der Waals surface area contributed by atoms with Gasteiger partial charge in [0.05, 0.1) is 7.11 Å². The van der Waals surface area contributed by atoms with Gasteiger partial charge in [0, 0.05) is 37.4 Å². The number of aryl methyl sites for hydroxylation is 2. The summed E-state index contributed by atoms with van der Waals surface area (Å²) in [7, 11) is 1.66. The van der Waals surface area contributed by atoms with Crippen LogP contribution in [0.1, 0.15) is 65.1 Å². The van der Waals surface area contributed by atoms with Crippen molar-refractivity contribution >= 4 is 11.7 Å². The zero-order chi connectivity index (χ0) is 20.2. The molecule has 0 spiro atoms. The molecule has 1 heterocycles. The van der Waals surface area contributed by atoms with Gasteiger partial charge >= 0.3 is 0 Å². The summed E-state index contributed by atoms with van der Waals surface area (Å²) < 4.78 is 5.22. The van der Waals surface area contributed by atoms with Crippen LogP contribution >= 0.6 is 0 Å². The number of likely N-dealkylation sites (tertiary alicyclic amines) is 1. The van der Waals surface area contributed by atoms with Crippen LogP contribution in [0.4, 0.5) is 0 Å². The van der Waals surface area contributed by atoms with E-state index < -0.39 is 0 Å². The average Bonchev–Trinajstić information content (AvgIpc) is 3.27. The van der Waals surface area contributed by atoms with Gasteiger partial charge in [-0.2, -0.15) is 0 Å². The van der Waals surface area contributed by atoms with Crippen LogP contribution in [0.2, 0.25) is 0 Å². The van der Waals surface area contributed by atoms with Gasteiger partial charge < -0.3 is 9.64 Å². The van der Waals surface area contributed by atoms with Crippen molar-refractivity contribution in [3.05, 3.63) is 64.7 Å². The van der Waals surface area contributed by atoms with Crippen molar-refractivity contribution < 1.29 is 14.3 Å². The number of benzene rings is 2. The van der Waals surface area contributed by atoms with E-state index in [0.717, 1.165) is 43.7 Å². The van der Waals surface area contributed by atoms with Crippen molar-refractivity contribution in [2.45, 2.75) is 50.9 Å². The first-order valence-electron chi connectivity index (χ1n) is 10.7. The highest BCUT2D eigenvalue weighted by Crippen LogP contribution is 2.29. The van der Waals surface area contributed by atoms with Crippen LogP contribution in [-0.2, 0) is 17.6 Å². The maximum atomic E-state index is 12.6. The second-order valence-electron chi connectivity index (χ2n) is 8.21. The van der Waals surface area contributed by atoms with Crippen LogP contribution in [0.3, 0.4) is 0 Å². The number of hydrogen-bond donors (Lipinski definition) is 0. The van der Waals surface area contributed by atoms with E-state index in [0.29, 0.717) is 18.8 Å². The molecule has 2 aromatic carbocycles. The molecule has 1 atom stereocenters. The van der Waals surface area contributed by atoms with Gasteiger partial charge in [0.2, 0.25) is 5.91 Å². The molecular formula is C25H29NO3. The van der Waals surface area contributed by atoms with Crippen LogP contribution < -0.4 is 4.74 Å². The molecule has 0 saturated carbocycles. The predicted molar refractivity (Wildman–Crippen MR) is 114 cm³/mol. The quantitative estimate of drug-likeness (QED) is 0.679. The van der Waals surface area contributed by atoms with Crippen LogP contribution in [0.25, 0.3) is 0 Å². The Kier molecular flexibility index (Phi) is 5.98. The van der Waals surface area contributed by atoms with Crippen LogP contribution in [-0.4, -0.2) is 36.8 Å². The van der Waals surface area contributed by atoms with Crippen molar-refractivity contribution in [1.82, 2.24) is 4.90 Å². The Bertz CT molecular complexity index is 887. The summed E-state index contributed by atoms with van der Waals surface area (Å²) >= 11 is 0. The van der Waals surface area contributed by atoms with Gasteiger partial charge in [0.15, 0.2) is 5.78 Å². The third-order valence-corrected chi connectivity index (χ3v) is 6.36. The van der Waals surface area contributed by atoms with E-state index in [4.69, 9.17) is 4.74 Å². The third kappa shape index (κ3) is 4.52. The molecule has 1 amide bonds. The zero-order valence-electron chi connectivity index (χ0n) is 17.2. The molecule has 2 aliphatic rings. The number of Topliss-reactive ketones (excluding diaryl/α,β-unsaturated/α-hetero) is 1. The number of ketones is 1. The van der Waals surface area contributed by atoms with Crippen LogP contribution in [0.15, 0.2) is 42.5 Å². The standard InChI is InChI=1S/C25H29NO3/c1-29-23-10-8-19(9-11-23)22-14-15-26(17-22)25(28)13-12-24(27)21-7-6-18-4-2-3-5-20(18)16-21/h6-11,16,22H,2-5,12-15,17H2,1H3. The summed E-state index contributed by atoms with van der Waals surface area (Å²) in [6, 6.07) is 14.2. The fourth-order valence-electron chi connectivity index (χ4n) is 4.56. The topological polar surface area (TPSA) is 46.6 Å². The number of nitrogens with zero attached hydrogens (tertiary/aromatic N) is 1. The Labute approximate surface area is 172 Å². The first-order valence-corrected chi connectivity index (χ1v) is 10.7. The fraction of sp³-hybridized carbons (Fsp3) is 0.440. The van der Waals surface area contributed by atoms with Gasteiger partial charge in [-0.15, -0.1) is 0 Å². The molecule has 1 aliphatic heterocycles. The third-order valence-electron chi connectivity index (χ3n) is 6.36. The van der Waals surface area contributed by atoms with Crippen molar-refractivity contribution in [3.63, 3.8) is 0 Å². The second kappa shape index (κ2) is 8.81. The maximum absolute atomic E-state index is 12.6. The van der Waals surface area contributed by atoms with Gasteiger partial charge in [-0.1, -0.05) is 24.3 Å². The average molecular weight is 392 g/mol. The van der Waals surface area contributed by atoms with E-state index in [2.05, 4.69) is 24.3 Å². The SMILES string of the molecule is COc1ccc(C2CCN(C(=O)CCC(=O)c3ccc4c(c3)CCCC4)C2)cc1. The fourth-order valence-corrected chi connectivity index (χ4v) is 4.56. The Hall–Kier alpha value is -2.62. The summed E-state index contributed by atoms with van der Waals surface area (Å²) in [5.41, 5.74) is 4.70. The maximum Gasteiger partial charge on any atom is 0.223 e. The molecule has 0 radical (unpaired) electrons. The number of carbonyl (C=O) groups excluding carboxylic acids is 2. The van der Waals surface area contributed by atoms with Gasteiger partial charge in [0.25, 0.3) is 0 Å². The number of amides is 1. The Balaban J connectivity index is 1.30. The number of rotatable bonds is 6. The highest BCUT2D eigenvalue weighted by Gasteiger charge is 2.27. The molecule has 1 aliphatic carbocycles. The monoisotopic (exact) mass is 391 g/mol. The number of hydrogen-bond acceptors (Lipinski definition) is 3. The minimum atomic E-state index is 0.0811. The summed E-state index contributed by atoms with van der Waals surface area (Å²) in [4.78, 5) is 27.2. The predicted octanol–water partition coefficient (Wildman–Crippen LogP) is 4.55. The Morgan fingerprint density at radius 2 is 1.76 bits per heavy atom. The molecule has 1 fully saturated rings. The normalized spacial score (nSPS) is 18.4. The minimum absolute atomic E-state index is 0.0811. The van der Waals surface area contributed by atoms with Gasteiger partial charge in [0.1, 0.15) is 5.75 Å². The largest absolute Gasteiger partial charge is 0.497 e. The van der Waals surface area contributed by atoms with Gasteiger partial charge in [-0.05, 0) is 67.0 Å². The first-order chi connectivity index (χ1) is 14.1. The van der Waals surface area contributed by atoms with E-state index in [1.165, 1.54) is 29.5 Å². The number of ether oxygens (including phenoxy) is 1. The Morgan fingerprint density at radius 1 is 1.00 bits per heavy atom. The van der Waals surface area contributed by atoms with Crippen LogP contribution in [0.5, 0.6) is 5.75 Å². The number of carbonyl (C=O) groups is 2. The van der Waals surface area contributed by atoms with Crippen molar-refractivity contribution in [2.24, 2.45) is 0 Å². The molecule has 2 aromatic rings. The summed E-state index contributed by atoms with van der Waals surface area (Å²) in [5.74, 6) is 1.38. The van der Waals surface area contributed by atoms with Crippen molar-refractivity contribution in [1.29, 1.82) is 0 Å². The molecule has 0 bridgehead atoms. The van der Waals surface area contributed by atoms with E-state index in [9.17, 15) is 9.59 Å². The highest BCUT2D eigenvalue weighted by molar-refractivity contribution is 5.98. The number of fused-ring (bicyclic) bond motifs is 1. The summed E-state index contributed by atoms with van der Waals surface area (Å²) in [5, 5.41) is 0. The number of methoxy groups -OCH3 is 1. The summed E-state index contributed by atoms with van der Waals surface area (Å²) in [6.45, 7) is 1.50. The lowest BCUT2D eigenvalue weighted by molar-refractivity contribution is -0.130. The highest BCUT2D eigenvalue weighted by atomic mass is 16.5. The Morgan fingerprint density at radius 3 is 2.52 bits per heavy atom. The smallest absolute Gasteiger partial charge is 0.223 e. The molecule has 4 rings (SSSR count). The molecule has 4 nitrogen and oxygen atoms in total. The first kappa shape index (κ1) is 19.7. The molecule has 0 aromatic heterocycles. The molecular weight excluding hydrogens is 362 g/mol. The van der Waals surface area contributed by atoms with E-state index in [-0.39, 0.29) is 11.7 Å². The lowest BCUT2D eigenvalue weighted by Gasteiger charge is -2.17. The van der Waals surface area contributed by atoms with Crippen LogP contribution in [0, 0.1) is 0 Å². The second-order valence-corrected chi connectivity index (χ2v) is 8.21. The molecule has 1 unspecified atom stereocenters. The van der Waals surface area contributed by atoms with E-state index >= 15 is 0 Å². The molecule has 152 valence electrons. The lowest BCUT2D eigenvalue weighted by atomic mass is 9.89. The zero-order valence-corrected chi connectivity index (χ0v) is 17.2. The molecule has 29 heavy (non-hydrogen) atoms. The van der Waals surface area contributed by atoms with Crippen molar-refractivity contribution in [2.75, 3.05) is 20.2 Å². The molecule has 4 heteroatoms. The minimum Gasteiger partial charge on any atom is -0.497 e. The lowest BCUT2D eigenvalue weighted by Crippen LogP contribution is -2.28. The van der Waals surface area contributed by atoms with E-state index in [1.807, 2.05) is 23.1 Å².